The second-order valence-corrected chi connectivity index (χ2v) is 7.07. The van der Waals surface area contributed by atoms with Gasteiger partial charge in [-0.1, -0.05) is 35.9 Å². The second kappa shape index (κ2) is 7.04. The third-order valence-corrected chi connectivity index (χ3v) is 3.83. The van der Waals surface area contributed by atoms with Crippen molar-refractivity contribution in [1.29, 1.82) is 0 Å². The summed E-state index contributed by atoms with van der Waals surface area (Å²) in [7, 11) is 0. The fourth-order valence-electron chi connectivity index (χ4n) is 2.72. The number of rotatable bonds is 4. The lowest BCUT2D eigenvalue weighted by Crippen LogP contribution is -2.46. The zero-order valence-corrected chi connectivity index (χ0v) is 14.8. The molecule has 0 radical (unpaired) electrons. The minimum atomic E-state index is -0.798. The topological polar surface area (TPSA) is 89.8 Å². The Bertz CT molecular complexity index is 703. The molecule has 2 rings (SSSR count). The number of nitrogens with zero attached hydrogens (tertiary/aromatic N) is 2. The van der Waals surface area contributed by atoms with Crippen LogP contribution in [-0.2, 0) is 9.53 Å². The molecule has 0 aromatic heterocycles. The first-order valence-corrected chi connectivity index (χ1v) is 8.01. The third-order valence-electron chi connectivity index (χ3n) is 3.83. The van der Waals surface area contributed by atoms with E-state index in [0.29, 0.717) is 5.56 Å². The van der Waals surface area contributed by atoms with Gasteiger partial charge in [0, 0.05) is 11.0 Å². The van der Waals surface area contributed by atoms with Crippen molar-refractivity contribution in [3.63, 3.8) is 0 Å². The largest absolute Gasteiger partial charge is 0.443 e. The van der Waals surface area contributed by atoms with Gasteiger partial charge in [0.05, 0.1) is 12.0 Å². The van der Waals surface area contributed by atoms with E-state index < -0.39 is 41.0 Å². The van der Waals surface area contributed by atoms with E-state index in [2.05, 4.69) is 0 Å². The molecular formula is C18H22N2O5. The highest BCUT2D eigenvalue weighted by Gasteiger charge is 2.41. The molecule has 7 heteroatoms. The van der Waals surface area contributed by atoms with Crippen LogP contribution in [0.15, 0.2) is 36.4 Å². The lowest BCUT2D eigenvalue weighted by atomic mass is 9.90. The molecule has 1 aromatic carbocycles. The van der Waals surface area contributed by atoms with Crippen molar-refractivity contribution < 1.29 is 19.2 Å². The van der Waals surface area contributed by atoms with Gasteiger partial charge in [-0.3, -0.25) is 14.9 Å². The zero-order chi connectivity index (χ0) is 18.8. The van der Waals surface area contributed by atoms with E-state index in [0.717, 1.165) is 10.5 Å². The van der Waals surface area contributed by atoms with Gasteiger partial charge >= 0.3 is 6.09 Å². The Balaban J connectivity index is 2.35. The van der Waals surface area contributed by atoms with Crippen molar-refractivity contribution in [1.82, 2.24) is 4.90 Å². The van der Waals surface area contributed by atoms with Gasteiger partial charge in [0.25, 0.3) is 5.91 Å². The minimum absolute atomic E-state index is 0.398. The molecule has 134 valence electrons. The second-order valence-electron chi connectivity index (χ2n) is 7.07. The first-order chi connectivity index (χ1) is 11.6. The average Bonchev–Trinajstić information content (AvgIpc) is 2.85. The summed E-state index contributed by atoms with van der Waals surface area (Å²) in [5.41, 5.74) is 0.943. The summed E-state index contributed by atoms with van der Waals surface area (Å²) in [5, 5.41) is 11.2. The maximum absolute atomic E-state index is 12.4. The summed E-state index contributed by atoms with van der Waals surface area (Å²) in [6.45, 7) is 6.61. The Morgan fingerprint density at radius 3 is 2.44 bits per heavy atom. The Morgan fingerprint density at radius 1 is 1.32 bits per heavy atom. The van der Waals surface area contributed by atoms with E-state index >= 15 is 0 Å². The monoisotopic (exact) mass is 346 g/mol. The minimum Gasteiger partial charge on any atom is -0.443 e. The van der Waals surface area contributed by atoms with Crippen LogP contribution in [0, 0.1) is 17.0 Å². The lowest BCUT2D eigenvalue weighted by molar-refractivity contribution is -0.484. The van der Waals surface area contributed by atoms with E-state index in [1.807, 2.05) is 19.1 Å². The van der Waals surface area contributed by atoms with Crippen LogP contribution in [0.25, 0.3) is 0 Å². The SMILES string of the molecule is Cc1ccc([C@H](C[N+](=O)[O-])[C@H]2C=CC(=O)N2C(=O)OC(C)(C)C)cc1. The molecule has 0 aliphatic carbocycles. The molecule has 1 aliphatic heterocycles. The van der Waals surface area contributed by atoms with E-state index in [1.165, 1.54) is 12.2 Å². The number of nitro groups is 1. The maximum atomic E-state index is 12.4. The zero-order valence-electron chi connectivity index (χ0n) is 14.8. The highest BCUT2D eigenvalue weighted by Crippen LogP contribution is 2.30. The molecule has 1 aromatic rings. The molecule has 0 spiro atoms. The summed E-state index contributed by atoms with van der Waals surface area (Å²) in [4.78, 5) is 36.3. The van der Waals surface area contributed by atoms with Crippen LogP contribution >= 0.6 is 0 Å². The predicted molar refractivity (Wildman–Crippen MR) is 91.8 cm³/mol. The Morgan fingerprint density at radius 2 is 1.92 bits per heavy atom. The summed E-state index contributed by atoms with van der Waals surface area (Å²) < 4.78 is 5.29. The molecule has 0 N–H and O–H groups in total. The molecule has 7 nitrogen and oxygen atoms in total. The number of carbonyl (C=O) groups is 2. The van der Waals surface area contributed by atoms with Crippen molar-refractivity contribution in [3.8, 4) is 0 Å². The van der Waals surface area contributed by atoms with Gasteiger partial charge in [-0.15, -0.1) is 0 Å². The average molecular weight is 346 g/mol. The van der Waals surface area contributed by atoms with Crippen molar-refractivity contribution >= 4 is 12.0 Å². The molecule has 1 aliphatic rings. The standard InChI is InChI=1S/C18H22N2O5/c1-12-5-7-13(8-6-12)14(11-19(23)24)15-9-10-16(21)20(15)17(22)25-18(2,3)4/h5-10,14-15H,11H2,1-4H3/t14-,15+/m0/s1. The molecule has 0 saturated carbocycles. The smallest absolute Gasteiger partial charge is 0.417 e. The van der Waals surface area contributed by atoms with E-state index in [4.69, 9.17) is 4.74 Å². The Hall–Kier alpha value is -2.70. The molecule has 2 atom stereocenters. The predicted octanol–water partition coefficient (Wildman–Crippen LogP) is 3.06. The van der Waals surface area contributed by atoms with Crippen LogP contribution in [0.4, 0.5) is 4.79 Å². The molecule has 2 amide bonds. The van der Waals surface area contributed by atoms with Gasteiger partial charge in [-0.2, -0.15) is 0 Å². The summed E-state index contributed by atoms with van der Waals surface area (Å²) in [5.74, 6) is -1.18. The van der Waals surface area contributed by atoms with Gasteiger partial charge in [-0.25, -0.2) is 9.69 Å². The van der Waals surface area contributed by atoms with Gasteiger partial charge in [0.1, 0.15) is 5.60 Å². The van der Waals surface area contributed by atoms with Crippen LogP contribution in [-0.4, -0.2) is 40.0 Å². The van der Waals surface area contributed by atoms with Gasteiger partial charge in [0.2, 0.25) is 6.54 Å². The van der Waals surface area contributed by atoms with E-state index in [-0.39, 0.29) is 0 Å². The molecule has 1 heterocycles. The summed E-state index contributed by atoms with van der Waals surface area (Å²) >= 11 is 0. The van der Waals surface area contributed by atoms with Gasteiger partial charge in [0.15, 0.2) is 0 Å². The van der Waals surface area contributed by atoms with E-state index in [1.54, 1.807) is 32.9 Å². The highest BCUT2D eigenvalue weighted by atomic mass is 16.6. The number of imide groups is 1. The maximum Gasteiger partial charge on any atom is 0.417 e. The molecule has 0 saturated heterocycles. The van der Waals surface area contributed by atoms with Crippen LogP contribution in [0.1, 0.15) is 37.8 Å². The quantitative estimate of drug-likeness (QED) is 0.617. The van der Waals surface area contributed by atoms with Crippen LogP contribution in [0.3, 0.4) is 0 Å². The van der Waals surface area contributed by atoms with Gasteiger partial charge < -0.3 is 4.74 Å². The third kappa shape index (κ3) is 4.65. The Kier molecular flexibility index (Phi) is 5.25. The van der Waals surface area contributed by atoms with Crippen molar-refractivity contribution in [2.45, 2.75) is 45.3 Å². The van der Waals surface area contributed by atoms with Crippen LogP contribution in [0.2, 0.25) is 0 Å². The molecule has 0 unspecified atom stereocenters. The fraction of sp³-hybridized carbons (Fsp3) is 0.444. The van der Waals surface area contributed by atoms with Crippen molar-refractivity contribution in [2.24, 2.45) is 0 Å². The highest BCUT2D eigenvalue weighted by molar-refractivity contribution is 6.01. The van der Waals surface area contributed by atoms with Crippen LogP contribution in [0.5, 0.6) is 0 Å². The number of ether oxygens (including phenoxy) is 1. The number of amides is 2. The summed E-state index contributed by atoms with van der Waals surface area (Å²) in [6, 6.07) is 6.51. The molecule has 0 bridgehead atoms. The number of benzene rings is 1. The lowest BCUT2D eigenvalue weighted by Gasteiger charge is -2.30. The summed E-state index contributed by atoms with van der Waals surface area (Å²) in [6.07, 6.45) is 1.99. The molecule has 0 fully saturated rings. The number of hydrogen-bond donors (Lipinski definition) is 0. The fourth-order valence-corrected chi connectivity index (χ4v) is 2.72. The normalized spacial score (nSPS) is 18.3. The number of carbonyl (C=O) groups excluding carboxylic acids is 2. The van der Waals surface area contributed by atoms with Crippen LogP contribution < -0.4 is 0 Å². The Labute approximate surface area is 146 Å². The van der Waals surface area contributed by atoms with E-state index in [9.17, 15) is 19.7 Å². The van der Waals surface area contributed by atoms with Crippen molar-refractivity contribution in [3.05, 3.63) is 57.7 Å². The first kappa shape index (κ1) is 18.6. The molecular weight excluding hydrogens is 324 g/mol. The number of hydrogen-bond acceptors (Lipinski definition) is 5. The molecule has 25 heavy (non-hydrogen) atoms. The first-order valence-electron chi connectivity index (χ1n) is 8.01. The number of aryl methyl sites for hydroxylation is 1. The van der Waals surface area contributed by atoms with Crippen molar-refractivity contribution in [2.75, 3.05) is 6.54 Å². The van der Waals surface area contributed by atoms with Gasteiger partial charge in [-0.05, 0) is 33.3 Å².